The van der Waals surface area contributed by atoms with E-state index in [1.54, 1.807) is 12.3 Å². The van der Waals surface area contributed by atoms with Crippen LogP contribution in [0.25, 0.3) is 0 Å². The van der Waals surface area contributed by atoms with Crippen molar-refractivity contribution in [3.05, 3.63) is 53.5 Å². The molecule has 0 aliphatic rings. The molecule has 1 heterocycles. The first-order valence-electron chi connectivity index (χ1n) is 7.36. The van der Waals surface area contributed by atoms with Crippen molar-refractivity contribution in [2.75, 3.05) is 12.3 Å². The van der Waals surface area contributed by atoms with Gasteiger partial charge in [-0.25, -0.2) is 0 Å². The van der Waals surface area contributed by atoms with Crippen LogP contribution in [0.1, 0.15) is 41.9 Å². The van der Waals surface area contributed by atoms with Crippen molar-refractivity contribution in [3.8, 4) is 0 Å². The van der Waals surface area contributed by atoms with E-state index in [0.717, 1.165) is 17.7 Å². The summed E-state index contributed by atoms with van der Waals surface area (Å²) in [7, 11) is 0. The molecule has 0 aliphatic heterocycles. The number of nitrogen functional groups attached to an aromatic ring is 1. The molecule has 1 aromatic heterocycles. The second-order valence-corrected chi connectivity index (χ2v) is 5.04. The maximum atomic E-state index is 12.7. The highest BCUT2D eigenvalue weighted by molar-refractivity contribution is 5.95. The van der Waals surface area contributed by atoms with Crippen molar-refractivity contribution in [2.45, 2.75) is 33.2 Å². The monoisotopic (exact) mass is 286 g/mol. The Balaban J connectivity index is 2.23. The summed E-state index contributed by atoms with van der Waals surface area (Å²) in [5.41, 5.74) is 8.33. The minimum Gasteiger partial charge on any atom is -0.469 e. The van der Waals surface area contributed by atoms with Crippen molar-refractivity contribution in [1.82, 2.24) is 4.90 Å². The standard InChI is InChI=1S/C17H22N2O2/c1-3-10-19(12-13-7-5-6-8-15(13)18)17(20)14-9-11-21-16(14)4-2/h5-9,11H,3-4,10,12,18H2,1-2H3. The van der Waals surface area contributed by atoms with E-state index in [1.165, 1.54) is 0 Å². The molecule has 1 aromatic carbocycles. The fourth-order valence-electron chi connectivity index (χ4n) is 2.38. The summed E-state index contributed by atoms with van der Waals surface area (Å²) in [6.07, 6.45) is 3.19. The molecule has 1 amide bonds. The van der Waals surface area contributed by atoms with Crippen molar-refractivity contribution in [1.29, 1.82) is 0 Å². The minimum atomic E-state index is 0.00528. The van der Waals surface area contributed by atoms with Gasteiger partial charge < -0.3 is 15.1 Å². The smallest absolute Gasteiger partial charge is 0.257 e. The summed E-state index contributed by atoms with van der Waals surface area (Å²) >= 11 is 0. The highest BCUT2D eigenvalue weighted by Crippen LogP contribution is 2.18. The van der Waals surface area contributed by atoms with E-state index >= 15 is 0 Å². The zero-order valence-electron chi connectivity index (χ0n) is 12.6. The van der Waals surface area contributed by atoms with Crippen molar-refractivity contribution >= 4 is 11.6 Å². The molecule has 112 valence electrons. The Kier molecular flexibility index (Phi) is 5.04. The number of benzene rings is 1. The molecule has 0 saturated heterocycles. The Morgan fingerprint density at radius 3 is 2.67 bits per heavy atom. The molecule has 0 radical (unpaired) electrons. The summed E-state index contributed by atoms with van der Waals surface area (Å²) in [5.74, 6) is 0.743. The third kappa shape index (κ3) is 3.45. The van der Waals surface area contributed by atoms with E-state index in [-0.39, 0.29) is 5.91 Å². The van der Waals surface area contributed by atoms with Crippen LogP contribution in [0.4, 0.5) is 5.69 Å². The predicted octanol–water partition coefficient (Wildman–Crippen LogP) is 3.48. The summed E-state index contributed by atoms with van der Waals surface area (Å²) < 4.78 is 5.36. The molecule has 0 aliphatic carbocycles. The number of nitrogens with two attached hydrogens (primary N) is 1. The molecule has 0 atom stereocenters. The van der Waals surface area contributed by atoms with Gasteiger partial charge in [0.05, 0.1) is 11.8 Å². The quantitative estimate of drug-likeness (QED) is 0.827. The Labute approximate surface area is 125 Å². The molecule has 0 saturated carbocycles. The lowest BCUT2D eigenvalue weighted by Crippen LogP contribution is -2.31. The topological polar surface area (TPSA) is 59.5 Å². The van der Waals surface area contributed by atoms with Crippen LogP contribution in [0.15, 0.2) is 41.0 Å². The van der Waals surface area contributed by atoms with Gasteiger partial charge >= 0.3 is 0 Å². The predicted molar refractivity (Wildman–Crippen MR) is 84.0 cm³/mol. The number of nitrogens with zero attached hydrogens (tertiary/aromatic N) is 1. The Morgan fingerprint density at radius 1 is 1.24 bits per heavy atom. The lowest BCUT2D eigenvalue weighted by Gasteiger charge is -2.23. The highest BCUT2D eigenvalue weighted by Gasteiger charge is 2.20. The summed E-state index contributed by atoms with van der Waals surface area (Å²) in [6, 6.07) is 9.41. The summed E-state index contributed by atoms with van der Waals surface area (Å²) in [4.78, 5) is 14.5. The Morgan fingerprint density at radius 2 is 2.00 bits per heavy atom. The molecule has 2 rings (SSSR count). The first-order chi connectivity index (χ1) is 10.2. The molecule has 4 nitrogen and oxygen atoms in total. The summed E-state index contributed by atoms with van der Waals surface area (Å²) in [6.45, 7) is 5.26. The molecule has 2 N–H and O–H groups in total. The molecule has 0 unspecified atom stereocenters. The van der Waals surface area contributed by atoms with Gasteiger partial charge in [0.2, 0.25) is 0 Å². The second kappa shape index (κ2) is 6.97. The average molecular weight is 286 g/mol. The van der Waals surface area contributed by atoms with Crippen LogP contribution in [0.5, 0.6) is 0 Å². The number of rotatable bonds is 6. The Bertz CT molecular complexity index is 604. The zero-order chi connectivity index (χ0) is 15.2. The van der Waals surface area contributed by atoms with Gasteiger partial charge in [-0.3, -0.25) is 4.79 Å². The molecule has 0 spiro atoms. The minimum absolute atomic E-state index is 0.00528. The van der Waals surface area contributed by atoms with Gasteiger partial charge in [0.25, 0.3) is 5.91 Å². The van der Waals surface area contributed by atoms with Crippen molar-refractivity contribution in [2.24, 2.45) is 0 Å². The van der Waals surface area contributed by atoms with Crippen LogP contribution in [-0.2, 0) is 13.0 Å². The van der Waals surface area contributed by atoms with Crippen LogP contribution in [0.3, 0.4) is 0 Å². The maximum absolute atomic E-state index is 12.7. The number of furan rings is 1. The van der Waals surface area contributed by atoms with Gasteiger partial charge in [0.1, 0.15) is 5.76 Å². The number of carbonyl (C=O) groups is 1. The van der Waals surface area contributed by atoms with Crippen molar-refractivity contribution in [3.63, 3.8) is 0 Å². The van der Waals surface area contributed by atoms with Crippen LogP contribution < -0.4 is 5.73 Å². The molecule has 4 heteroatoms. The van der Waals surface area contributed by atoms with Crippen LogP contribution >= 0.6 is 0 Å². The van der Waals surface area contributed by atoms with Gasteiger partial charge in [-0.2, -0.15) is 0 Å². The van der Waals surface area contributed by atoms with E-state index in [4.69, 9.17) is 10.2 Å². The number of anilines is 1. The van der Waals surface area contributed by atoms with E-state index < -0.39 is 0 Å². The number of amides is 1. The molecule has 0 bridgehead atoms. The third-order valence-corrected chi connectivity index (χ3v) is 3.49. The van der Waals surface area contributed by atoms with Gasteiger partial charge in [-0.15, -0.1) is 0 Å². The fourth-order valence-corrected chi connectivity index (χ4v) is 2.38. The van der Waals surface area contributed by atoms with Gasteiger partial charge in [0.15, 0.2) is 0 Å². The molecular formula is C17H22N2O2. The SMILES string of the molecule is CCCN(Cc1ccccc1N)C(=O)c1ccoc1CC. The van der Waals surface area contributed by atoms with Crippen LogP contribution in [0, 0.1) is 0 Å². The molecule has 2 aromatic rings. The van der Waals surface area contributed by atoms with E-state index in [1.807, 2.05) is 36.1 Å². The van der Waals surface area contributed by atoms with E-state index in [0.29, 0.717) is 30.8 Å². The number of hydrogen-bond donors (Lipinski definition) is 1. The van der Waals surface area contributed by atoms with E-state index in [2.05, 4.69) is 6.92 Å². The normalized spacial score (nSPS) is 10.6. The lowest BCUT2D eigenvalue weighted by atomic mass is 10.1. The first-order valence-corrected chi connectivity index (χ1v) is 7.36. The van der Waals surface area contributed by atoms with Crippen molar-refractivity contribution < 1.29 is 9.21 Å². The lowest BCUT2D eigenvalue weighted by molar-refractivity contribution is 0.0741. The maximum Gasteiger partial charge on any atom is 0.257 e. The molecular weight excluding hydrogens is 264 g/mol. The van der Waals surface area contributed by atoms with Gasteiger partial charge in [-0.05, 0) is 24.1 Å². The molecule has 21 heavy (non-hydrogen) atoms. The second-order valence-electron chi connectivity index (χ2n) is 5.04. The number of para-hydroxylation sites is 1. The number of hydrogen-bond acceptors (Lipinski definition) is 3. The van der Waals surface area contributed by atoms with Crippen LogP contribution in [-0.4, -0.2) is 17.4 Å². The van der Waals surface area contributed by atoms with E-state index in [9.17, 15) is 4.79 Å². The number of carbonyl (C=O) groups excluding carboxylic acids is 1. The van der Waals surface area contributed by atoms with Crippen LogP contribution in [0.2, 0.25) is 0 Å². The first kappa shape index (κ1) is 15.2. The highest BCUT2D eigenvalue weighted by atomic mass is 16.3. The Hall–Kier alpha value is -2.23. The average Bonchev–Trinajstić information content (AvgIpc) is 2.96. The molecule has 0 fully saturated rings. The zero-order valence-corrected chi connectivity index (χ0v) is 12.6. The summed E-state index contributed by atoms with van der Waals surface area (Å²) in [5, 5.41) is 0. The van der Waals surface area contributed by atoms with Gasteiger partial charge in [-0.1, -0.05) is 32.0 Å². The third-order valence-electron chi connectivity index (χ3n) is 3.49. The fraction of sp³-hybridized carbons (Fsp3) is 0.353. The van der Waals surface area contributed by atoms with Gasteiger partial charge in [0, 0.05) is 25.2 Å². The number of aryl methyl sites for hydroxylation is 1. The largest absolute Gasteiger partial charge is 0.469 e.